The molecule has 0 radical (unpaired) electrons. The third-order valence-electron chi connectivity index (χ3n) is 4.37. The summed E-state index contributed by atoms with van der Waals surface area (Å²) in [5.41, 5.74) is 3.62. The fourth-order valence-corrected chi connectivity index (χ4v) is 3.04. The van der Waals surface area contributed by atoms with Gasteiger partial charge in [0.25, 0.3) is 11.2 Å². The highest BCUT2D eigenvalue weighted by molar-refractivity contribution is 5.90. The molecule has 0 saturated heterocycles. The van der Waals surface area contributed by atoms with Gasteiger partial charge in [0.1, 0.15) is 5.39 Å². The molecule has 2 heterocycles. The lowest BCUT2D eigenvalue weighted by atomic mass is 9.99. The first-order valence-corrected chi connectivity index (χ1v) is 7.95. The smallest absolute Gasteiger partial charge is 0.268 e. The average Bonchev–Trinajstić information content (AvgIpc) is 2.66. The summed E-state index contributed by atoms with van der Waals surface area (Å²) in [4.78, 5) is 29.5. The second kappa shape index (κ2) is 5.87. The Hall–Kier alpha value is -3.47. The fourth-order valence-electron chi connectivity index (χ4n) is 3.04. The van der Waals surface area contributed by atoms with Gasteiger partial charge in [-0.1, -0.05) is 54.6 Å². The largest absolute Gasteiger partial charge is 0.415 e. The zero-order valence-electron chi connectivity index (χ0n) is 13.6. The first-order chi connectivity index (χ1) is 12.1. The van der Waals surface area contributed by atoms with E-state index in [2.05, 4.69) is 22.1 Å². The van der Waals surface area contributed by atoms with Gasteiger partial charge >= 0.3 is 5.69 Å². The Morgan fingerprint density at radius 3 is 2.20 bits per heavy atom. The number of rotatable bonds is 2. The highest BCUT2D eigenvalue weighted by Gasteiger charge is 2.16. The number of aryl methyl sites for hydroxylation is 1. The molecule has 0 unspecified atom stereocenters. The van der Waals surface area contributed by atoms with Crippen LogP contribution in [0.4, 0.5) is 0 Å². The monoisotopic (exact) mass is 330 g/mol. The Morgan fingerprint density at radius 1 is 0.840 bits per heavy atom. The van der Waals surface area contributed by atoms with Crippen LogP contribution in [0.2, 0.25) is 0 Å². The molecule has 5 nitrogen and oxygen atoms in total. The molecule has 0 aliphatic heterocycles. The SMILES string of the molecule is Cn1c(=O)[nH]c(=O)c2c(-c3ccc(-c4ccccc4)cc3)cc[nH+]c21. The molecular formula is C20H16N3O2+. The topological polar surface area (TPSA) is 69.0 Å². The van der Waals surface area contributed by atoms with Crippen molar-refractivity contribution < 1.29 is 4.98 Å². The van der Waals surface area contributed by atoms with Crippen LogP contribution in [0.15, 0.2) is 76.4 Å². The summed E-state index contributed by atoms with van der Waals surface area (Å²) < 4.78 is 1.40. The van der Waals surface area contributed by atoms with Gasteiger partial charge in [-0.15, -0.1) is 0 Å². The van der Waals surface area contributed by atoms with Crippen molar-refractivity contribution in [3.63, 3.8) is 0 Å². The minimum absolute atomic E-state index is 0.392. The summed E-state index contributed by atoms with van der Waals surface area (Å²) in [7, 11) is 1.62. The molecule has 5 heteroatoms. The molecule has 0 aliphatic rings. The molecule has 0 atom stereocenters. The van der Waals surface area contributed by atoms with Crippen molar-refractivity contribution in [3.8, 4) is 22.3 Å². The van der Waals surface area contributed by atoms with Gasteiger partial charge in [0.05, 0.1) is 13.2 Å². The molecule has 0 saturated carbocycles. The lowest BCUT2D eigenvalue weighted by molar-refractivity contribution is -0.349. The molecular weight excluding hydrogens is 314 g/mol. The number of H-pyrrole nitrogens is 2. The first-order valence-electron chi connectivity index (χ1n) is 7.95. The van der Waals surface area contributed by atoms with Crippen LogP contribution in [0, 0.1) is 0 Å². The number of nitrogens with zero attached hydrogens (tertiary/aromatic N) is 1. The van der Waals surface area contributed by atoms with E-state index < -0.39 is 11.2 Å². The van der Waals surface area contributed by atoms with Crippen molar-refractivity contribution in [2.45, 2.75) is 0 Å². The molecule has 0 spiro atoms. The highest BCUT2D eigenvalue weighted by Crippen LogP contribution is 2.26. The zero-order chi connectivity index (χ0) is 17.4. The Morgan fingerprint density at radius 2 is 1.48 bits per heavy atom. The predicted octanol–water partition coefficient (Wildman–Crippen LogP) is 2.37. The van der Waals surface area contributed by atoms with Crippen molar-refractivity contribution in [1.82, 2.24) is 9.55 Å². The maximum Gasteiger partial charge on any atom is 0.415 e. The van der Waals surface area contributed by atoms with Gasteiger partial charge in [-0.2, -0.15) is 4.57 Å². The summed E-state index contributed by atoms with van der Waals surface area (Å²) in [6.07, 6.45) is 1.74. The number of fused-ring (bicyclic) bond motifs is 1. The molecule has 0 aliphatic carbocycles. The van der Waals surface area contributed by atoms with Crippen LogP contribution in [0.25, 0.3) is 33.3 Å². The lowest BCUT2D eigenvalue weighted by Crippen LogP contribution is -2.32. The van der Waals surface area contributed by atoms with Gasteiger partial charge in [0, 0.05) is 5.56 Å². The fraction of sp³-hybridized carbons (Fsp3) is 0.0500. The van der Waals surface area contributed by atoms with E-state index in [1.165, 1.54) is 4.57 Å². The molecule has 0 bridgehead atoms. The maximum atomic E-state index is 12.3. The lowest BCUT2D eigenvalue weighted by Gasteiger charge is -2.06. The van der Waals surface area contributed by atoms with E-state index >= 15 is 0 Å². The van der Waals surface area contributed by atoms with Crippen molar-refractivity contribution in [2.24, 2.45) is 7.05 Å². The summed E-state index contributed by atoms with van der Waals surface area (Å²) in [5.74, 6) is 0. The Bertz CT molecular complexity index is 1170. The van der Waals surface area contributed by atoms with Crippen molar-refractivity contribution >= 4 is 11.0 Å². The van der Waals surface area contributed by atoms with Gasteiger partial charge in [0.15, 0.2) is 0 Å². The number of hydrogen-bond acceptors (Lipinski definition) is 2. The van der Waals surface area contributed by atoms with Crippen LogP contribution in [-0.2, 0) is 7.05 Å². The summed E-state index contributed by atoms with van der Waals surface area (Å²) in [6.45, 7) is 0. The molecule has 4 aromatic rings. The number of nitrogens with one attached hydrogen (secondary N) is 2. The molecule has 0 fully saturated rings. The Labute approximate surface area is 143 Å². The predicted molar refractivity (Wildman–Crippen MR) is 97.2 cm³/mol. The van der Waals surface area contributed by atoms with Gasteiger partial charge in [-0.3, -0.25) is 9.78 Å². The Balaban J connectivity index is 1.90. The van der Waals surface area contributed by atoms with E-state index in [1.54, 1.807) is 13.2 Å². The number of aromatic amines is 2. The van der Waals surface area contributed by atoms with Gasteiger partial charge in [0.2, 0.25) is 0 Å². The summed E-state index contributed by atoms with van der Waals surface area (Å²) in [5, 5.41) is 0.470. The molecule has 0 amide bonds. The second-order valence-electron chi connectivity index (χ2n) is 5.88. The van der Waals surface area contributed by atoms with Crippen LogP contribution in [0.3, 0.4) is 0 Å². The molecule has 25 heavy (non-hydrogen) atoms. The number of pyridine rings is 1. The number of benzene rings is 2. The molecule has 122 valence electrons. The van der Waals surface area contributed by atoms with Crippen LogP contribution in [0.1, 0.15) is 0 Å². The average molecular weight is 330 g/mol. The third-order valence-corrected chi connectivity index (χ3v) is 4.37. The van der Waals surface area contributed by atoms with E-state index in [-0.39, 0.29) is 0 Å². The van der Waals surface area contributed by atoms with Crippen LogP contribution in [-0.4, -0.2) is 9.55 Å². The molecule has 2 aromatic heterocycles. The maximum absolute atomic E-state index is 12.3. The third kappa shape index (κ3) is 2.55. The van der Waals surface area contributed by atoms with Crippen LogP contribution >= 0.6 is 0 Å². The van der Waals surface area contributed by atoms with Gasteiger partial charge < -0.3 is 0 Å². The van der Waals surface area contributed by atoms with E-state index in [0.29, 0.717) is 11.0 Å². The molecule has 2 aromatic carbocycles. The van der Waals surface area contributed by atoms with E-state index in [0.717, 1.165) is 22.3 Å². The highest BCUT2D eigenvalue weighted by atomic mass is 16.2. The van der Waals surface area contributed by atoms with Crippen LogP contribution < -0.4 is 16.2 Å². The van der Waals surface area contributed by atoms with E-state index in [4.69, 9.17) is 0 Å². The second-order valence-corrected chi connectivity index (χ2v) is 5.88. The summed E-state index contributed by atoms with van der Waals surface area (Å²) >= 11 is 0. The molecule has 4 rings (SSSR count). The number of aromatic nitrogens is 3. The minimum Gasteiger partial charge on any atom is -0.268 e. The first kappa shape index (κ1) is 15.1. The zero-order valence-corrected chi connectivity index (χ0v) is 13.6. The molecule has 2 N–H and O–H groups in total. The van der Waals surface area contributed by atoms with Gasteiger partial charge in [-0.25, -0.2) is 9.78 Å². The van der Waals surface area contributed by atoms with Crippen LogP contribution in [0.5, 0.6) is 0 Å². The minimum atomic E-state index is -0.440. The van der Waals surface area contributed by atoms with E-state index in [1.807, 2.05) is 48.5 Å². The Kier molecular flexibility index (Phi) is 3.54. The normalized spacial score (nSPS) is 10.9. The van der Waals surface area contributed by atoms with Gasteiger partial charge in [-0.05, 0) is 22.8 Å². The number of hydrogen-bond donors (Lipinski definition) is 1. The summed E-state index contributed by atoms with van der Waals surface area (Å²) in [6, 6.07) is 20.0. The van der Waals surface area contributed by atoms with Crippen molar-refractivity contribution in [2.75, 3.05) is 0 Å². The quantitative estimate of drug-likeness (QED) is 0.613. The van der Waals surface area contributed by atoms with Crippen molar-refractivity contribution in [1.29, 1.82) is 0 Å². The van der Waals surface area contributed by atoms with Crippen molar-refractivity contribution in [3.05, 3.63) is 87.7 Å². The standard InChI is InChI=1S/C20H15N3O2/c1-23-18-17(19(24)22-20(23)25)16(11-12-21-18)15-9-7-14(8-10-15)13-5-3-2-4-6-13/h2-12H,1H3,(H,22,24,25)/p+1. The van der Waals surface area contributed by atoms with E-state index in [9.17, 15) is 9.59 Å².